The number of primary amides is 1. The Morgan fingerprint density at radius 3 is 2.61 bits per heavy atom. The summed E-state index contributed by atoms with van der Waals surface area (Å²) < 4.78 is 0. The highest BCUT2D eigenvalue weighted by Gasteiger charge is 2.30. The predicted octanol–water partition coefficient (Wildman–Crippen LogP) is 5.32. The summed E-state index contributed by atoms with van der Waals surface area (Å²) in [5.74, 6) is 2.44. The van der Waals surface area contributed by atoms with E-state index in [1.165, 1.54) is 55.4 Å². The zero-order valence-corrected chi connectivity index (χ0v) is 23.6. The Bertz CT molecular complexity index is 1480. The maximum Gasteiger partial charge on any atom is 0.248 e. The molecular formula is C32H38N8O. The quantitative estimate of drug-likeness (QED) is 0.305. The number of nitrogens with two attached hydrogens (primary N) is 1. The third-order valence-electron chi connectivity index (χ3n) is 8.64. The number of benzene rings is 2. The number of rotatable bonds is 8. The van der Waals surface area contributed by atoms with Gasteiger partial charge in [-0.2, -0.15) is 4.80 Å². The number of nitrogens with one attached hydrogen (secondary N) is 1. The maximum absolute atomic E-state index is 11.7. The van der Waals surface area contributed by atoms with Gasteiger partial charge in [0.2, 0.25) is 11.7 Å². The van der Waals surface area contributed by atoms with E-state index in [9.17, 15) is 4.79 Å². The molecule has 0 radical (unpaired) electrons. The smallest absolute Gasteiger partial charge is 0.248 e. The van der Waals surface area contributed by atoms with Crippen molar-refractivity contribution in [3.05, 3.63) is 72.4 Å². The zero-order chi connectivity index (χ0) is 28.2. The Morgan fingerprint density at radius 1 is 0.976 bits per heavy atom. The third kappa shape index (κ3) is 6.39. The summed E-state index contributed by atoms with van der Waals surface area (Å²) in [6.07, 6.45) is 10.6. The number of pyridine rings is 1. The molecule has 3 N–H and O–H groups in total. The number of tetrazole rings is 1. The van der Waals surface area contributed by atoms with Crippen LogP contribution in [0.4, 0.5) is 11.5 Å². The number of anilines is 2. The van der Waals surface area contributed by atoms with Crippen LogP contribution in [-0.4, -0.2) is 50.2 Å². The van der Waals surface area contributed by atoms with Crippen LogP contribution in [0.5, 0.6) is 0 Å². The lowest BCUT2D eigenvalue weighted by Gasteiger charge is -2.39. The van der Waals surface area contributed by atoms with Gasteiger partial charge >= 0.3 is 0 Å². The number of piperidine rings is 1. The van der Waals surface area contributed by atoms with E-state index in [0.717, 1.165) is 35.6 Å². The van der Waals surface area contributed by atoms with Gasteiger partial charge in [-0.15, -0.1) is 10.2 Å². The van der Waals surface area contributed by atoms with E-state index in [2.05, 4.69) is 60.9 Å². The summed E-state index contributed by atoms with van der Waals surface area (Å²) in [6, 6.07) is 20.5. The zero-order valence-electron chi connectivity index (χ0n) is 23.6. The summed E-state index contributed by atoms with van der Waals surface area (Å²) in [6.45, 7) is 2.19. The first-order chi connectivity index (χ1) is 20.0. The normalized spacial score (nSPS) is 21.0. The molecule has 0 spiro atoms. The molecule has 1 aliphatic carbocycles. The molecule has 1 amide bonds. The lowest BCUT2D eigenvalue weighted by molar-refractivity contribution is 0.100. The molecule has 1 aliphatic heterocycles. The Kier molecular flexibility index (Phi) is 7.93. The number of aryl methyl sites for hydroxylation is 1. The first kappa shape index (κ1) is 26.9. The number of carbonyl (C=O) groups is 1. The number of hydrogen-bond donors (Lipinski definition) is 2. The van der Waals surface area contributed by atoms with Gasteiger partial charge in [0.15, 0.2) is 0 Å². The van der Waals surface area contributed by atoms with Gasteiger partial charge in [0, 0.05) is 42.1 Å². The van der Waals surface area contributed by atoms with Crippen molar-refractivity contribution in [3.8, 4) is 22.5 Å². The van der Waals surface area contributed by atoms with E-state index < -0.39 is 5.91 Å². The molecule has 3 atom stereocenters. The average Bonchev–Trinajstić information content (AvgIpc) is 3.45. The SMILES string of the molecule is Cn1nnc(-c2ccc(N3CCC[C@H](C[C@@H]4CCCC[C@H]4Nc4cc(-c5cccc(C(N)=O)c5)ccn4)C3)cc2)n1. The first-order valence-corrected chi connectivity index (χ1v) is 14.7. The molecule has 0 unspecified atom stereocenters. The predicted molar refractivity (Wildman–Crippen MR) is 161 cm³/mol. The van der Waals surface area contributed by atoms with Crippen molar-refractivity contribution in [2.75, 3.05) is 23.3 Å². The Labute approximate surface area is 241 Å². The van der Waals surface area contributed by atoms with Crippen LogP contribution < -0.4 is 16.0 Å². The molecule has 2 aromatic carbocycles. The fourth-order valence-corrected chi connectivity index (χ4v) is 6.55. The van der Waals surface area contributed by atoms with Gasteiger partial charge in [-0.1, -0.05) is 25.0 Å². The van der Waals surface area contributed by atoms with Gasteiger partial charge in [0.1, 0.15) is 5.82 Å². The fourth-order valence-electron chi connectivity index (χ4n) is 6.55. The Hall–Kier alpha value is -4.27. The van der Waals surface area contributed by atoms with E-state index in [0.29, 0.717) is 29.3 Å². The Balaban J connectivity index is 1.10. The number of nitrogens with zero attached hydrogens (tertiary/aromatic N) is 6. The van der Waals surface area contributed by atoms with Gasteiger partial charge in [0.25, 0.3) is 0 Å². The van der Waals surface area contributed by atoms with Gasteiger partial charge in [0.05, 0.1) is 7.05 Å². The second-order valence-corrected chi connectivity index (χ2v) is 11.5. The monoisotopic (exact) mass is 550 g/mol. The standard InChI is InChI=1S/C32H38N8O/c1-39-37-32(36-38-39)23-11-13-28(14-12-23)40-17-5-6-22(21-40)18-26-7-2-3-10-29(26)35-30-20-25(15-16-34-30)24-8-4-9-27(19-24)31(33)41/h4,8-9,11-16,19-20,22,26,29H,2-3,5-7,10,17-18,21H2,1H3,(H2,33,41)(H,34,35)/t22-,26+,29-/m1/s1. The second kappa shape index (κ2) is 12.1. The number of hydrogen-bond acceptors (Lipinski definition) is 7. The molecule has 1 saturated heterocycles. The Morgan fingerprint density at radius 2 is 1.80 bits per heavy atom. The lowest BCUT2D eigenvalue weighted by Crippen LogP contribution is -2.39. The van der Waals surface area contributed by atoms with Crippen LogP contribution in [0.25, 0.3) is 22.5 Å². The van der Waals surface area contributed by atoms with Crippen LogP contribution in [0.3, 0.4) is 0 Å². The summed E-state index contributed by atoms with van der Waals surface area (Å²) in [7, 11) is 1.78. The fraction of sp³-hybridized carbons (Fsp3) is 0.406. The number of aromatic nitrogens is 5. The lowest BCUT2D eigenvalue weighted by atomic mass is 9.77. The van der Waals surface area contributed by atoms with E-state index >= 15 is 0 Å². The van der Waals surface area contributed by atoms with Gasteiger partial charge in [-0.05, 0) is 109 Å². The maximum atomic E-state index is 11.7. The highest BCUT2D eigenvalue weighted by molar-refractivity contribution is 5.94. The minimum atomic E-state index is -0.415. The molecule has 3 heterocycles. The summed E-state index contributed by atoms with van der Waals surface area (Å²) in [5.41, 5.74) is 10.3. The van der Waals surface area contributed by atoms with E-state index in [1.807, 2.05) is 30.5 Å². The van der Waals surface area contributed by atoms with Crippen molar-refractivity contribution in [3.63, 3.8) is 0 Å². The molecule has 9 nitrogen and oxygen atoms in total. The van der Waals surface area contributed by atoms with Crippen LogP contribution in [0.15, 0.2) is 66.9 Å². The molecule has 41 heavy (non-hydrogen) atoms. The largest absolute Gasteiger partial charge is 0.371 e. The van der Waals surface area contributed by atoms with Gasteiger partial charge in [-0.3, -0.25) is 4.79 Å². The topological polar surface area (TPSA) is 115 Å². The van der Waals surface area contributed by atoms with Crippen molar-refractivity contribution in [1.82, 2.24) is 25.2 Å². The molecule has 212 valence electrons. The highest BCUT2D eigenvalue weighted by Crippen LogP contribution is 2.36. The number of carbonyl (C=O) groups excluding carboxylic acids is 1. The molecular weight excluding hydrogens is 512 g/mol. The first-order valence-electron chi connectivity index (χ1n) is 14.7. The molecule has 4 aromatic rings. The second-order valence-electron chi connectivity index (χ2n) is 11.5. The molecule has 6 rings (SSSR count). The van der Waals surface area contributed by atoms with Crippen molar-refractivity contribution >= 4 is 17.4 Å². The molecule has 1 saturated carbocycles. The van der Waals surface area contributed by atoms with Crippen molar-refractivity contribution in [2.45, 2.75) is 51.0 Å². The molecule has 2 aliphatic rings. The molecule has 2 fully saturated rings. The van der Waals surface area contributed by atoms with Crippen molar-refractivity contribution < 1.29 is 4.79 Å². The molecule has 9 heteroatoms. The van der Waals surface area contributed by atoms with Crippen LogP contribution in [-0.2, 0) is 7.05 Å². The summed E-state index contributed by atoms with van der Waals surface area (Å²) >= 11 is 0. The summed E-state index contributed by atoms with van der Waals surface area (Å²) in [5, 5.41) is 16.2. The minimum absolute atomic E-state index is 0.414. The van der Waals surface area contributed by atoms with Crippen LogP contribution in [0.1, 0.15) is 55.3 Å². The van der Waals surface area contributed by atoms with Gasteiger partial charge < -0.3 is 16.0 Å². The average molecular weight is 551 g/mol. The molecule has 0 bridgehead atoms. The van der Waals surface area contributed by atoms with Crippen molar-refractivity contribution in [1.29, 1.82) is 0 Å². The van der Waals surface area contributed by atoms with Crippen molar-refractivity contribution in [2.24, 2.45) is 24.6 Å². The van der Waals surface area contributed by atoms with Gasteiger partial charge in [-0.25, -0.2) is 4.98 Å². The van der Waals surface area contributed by atoms with E-state index in [-0.39, 0.29) is 0 Å². The van der Waals surface area contributed by atoms with Crippen LogP contribution in [0.2, 0.25) is 0 Å². The molecule has 2 aromatic heterocycles. The number of amides is 1. The summed E-state index contributed by atoms with van der Waals surface area (Å²) in [4.78, 5) is 20.4. The highest BCUT2D eigenvalue weighted by atomic mass is 16.1. The van der Waals surface area contributed by atoms with Crippen LogP contribution in [0, 0.1) is 11.8 Å². The third-order valence-corrected chi connectivity index (χ3v) is 8.64. The van der Waals surface area contributed by atoms with E-state index in [4.69, 9.17) is 5.73 Å². The van der Waals surface area contributed by atoms with Crippen LogP contribution >= 0.6 is 0 Å². The minimum Gasteiger partial charge on any atom is -0.371 e. The van der Waals surface area contributed by atoms with E-state index in [1.54, 1.807) is 13.1 Å².